The Labute approximate surface area is 225 Å². The van der Waals surface area contributed by atoms with Gasteiger partial charge in [-0.25, -0.2) is 0 Å². The molecule has 0 saturated carbocycles. The second kappa shape index (κ2) is 12.9. The molecule has 0 aromatic heterocycles. The zero-order chi connectivity index (χ0) is 25.3. The van der Waals surface area contributed by atoms with Crippen LogP contribution in [0.25, 0.3) is 0 Å². The van der Waals surface area contributed by atoms with Gasteiger partial charge in [0.25, 0.3) is 8.32 Å². The minimum atomic E-state index is -2.61. The molecular weight excluding hydrogens is 563 g/mol. The molecular formula is C30H37IO3Si. The van der Waals surface area contributed by atoms with Crippen LogP contribution in [0.15, 0.2) is 94.6 Å². The minimum absolute atomic E-state index is 0.0511. The fraction of sp³-hybridized carbons (Fsp3) is 0.333. The Bertz CT molecular complexity index is 1020. The first-order valence-electron chi connectivity index (χ1n) is 12.1. The van der Waals surface area contributed by atoms with Gasteiger partial charge in [0, 0.05) is 0 Å². The van der Waals surface area contributed by atoms with Gasteiger partial charge >= 0.3 is 0 Å². The van der Waals surface area contributed by atoms with Crippen molar-refractivity contribution in [3.05, 3.63) is 100 Å². The third kappa shape index (κ3) is 7.06. The van der Waals surface area contributed by atoms with Gasteiger partial charge in [-0.05, 0) is 50.5 Å². The molecule has 1 atom stereocenters. The number of halogens is 1. The normalized spacial score (nSPS) is 13.5. The minimum Gasteiger partial charge on any atom is -0.497 e. The van der Waals surface area contributed by atoms with Crippen LogP contribution < -0.4 is 15.1 Å². The molecule has 3 rings (SSSR count). The Balaban J connectivity index is 1.91. The lowest BCUT2D eigenvalue weighted by molar-refractivity contribution is 0.00759. The Kier molecular flexibility index (Phi) is 10.2. The highest BCUT2D eigenvalue weighted by Gasteiger charge is 2.50. The summed E-state index contributed by atoms with van der Waals surface area (Å²) in [4.78, 5) is 0. The lowest BCUT2D eigenvalue weighted by Crippen LogP contribution is -2.67. The Morgan fingerprint density at radius 3 is 1.89 bits per heavy atom. The molecule has 5 heteroatoms. The summed E-state index contributed by atoms with van der Waals surface area (Å²) in [6, 6.07) is 29.6. The predicted octanol–water partition coefficient (Wildman–Crippen LogP) is 6.89. The highest BCUT2D eigenvalue weighted by atomic mass is 127. The monoisotopic (exact) mass is 600 g/mol. The molecule has 0 bridgehead atoms. The summed E-state index contributed by atoms with van der Waals surface area (Å²) < 4.78 is 21.0. The van der Waals surface area contributed by atoms with Crippen molar-refractivity contribution in [1.82, 2.24) is 0 Å². The molecule has 35 heavy (non-hydrogen) atoms. The van der Waals surface area contributed by atoms with Crippen molar-refractivity contribution in [3.8, 4) is 5.75 Å². The van der Waals surface area contributed by atoms with Crippen LogP contribution in [-0.4, -0.2) is 28.1 Å². The molecule has 0 aliphatic heterocycles. The standard InChI is InChI=1S/C30H37IO3Si/c1-24(21-31)20-27(33-22-25-16-18-26(32-5)19-17-25)23-34-35(30(2,3)4,28-12-8-6-9-13-28)29-14-10-7-11-15-29/h6-19,21,27H,20,22-23H2,1-5H3/b24-21+/t27-/m1/s1. The second-order valence-electron chi connectivity index (χ2n) is 9.91. The van der Waals surface area contributed by atoms with Crippen molar-refractivity contribution >= 4 is 41.3 Å². The van der Waals surface area contributed by atoms with Crippen molar-refractivity contribution in [1.29, 1.82) is 0 Å². The molecule has 0 spiro atoms. The van der Waals surface area contributed by atoms with E-state index >= 15 is 0 Å². The molecule has 0 heterocycles. The van der Waals surface area contributed by atoms with Crippen LogP contribution in [-0.2, 0) is 15.8 Å². The highest BCUT2D eigenvalue weighted by molar-refractivity contribution is 14.1. The molecule has 0 radical (unpaired) electrons. The van der Waals surface area contributed by atoms with Crippen LogP contribution >= 0.6 is 22.6 Å². The Morgan fingerprint density at radius 2 is 1.43 bits per heavy atom. The first-order valence-corrected chi connectivity index (χ1v) is 15.2. The summed E-state index contributed by atoms with van der Waals surface area (Å²) in [5.41, 5.74) is 2.41. The van der Waals surface area contributed by atoms with Gasteiger partial charge in [-0.3, -0.25) is 0 Å². The van der Waals surface area contributed by atoms with E-state index in [1.54, 1.807) is 7.11 Å². The van der Waals surface area contributed by atoms with Gasteiger partial charge in [0.1, 0.15) is 5.75 Å². The van der Waals surface area contributed by atoms with Gasteiger partial charge < -0.3 is 13.9 Å². The molecule has 0 aliphatic carbocycles. The Hall–Kier alpha value is -1.93. The zero-order valence-electron chi connectivity index (χ0n) is 21.5. The van der Waals surface area contributed by atoms with E-state index in [0.717, 1.165) is 17.7 Å². The molecule has 0 N–H and O–H groups in total. The maximum Gasteiger partial charge on any atom is 0.261 e. The number of benzene rings is 3. The lowest BCUT2D eigenvalue weighted by Gasteiger charge is -2.43. The molecule has 0 fully saturated rings. The topological polar surface area (TPSA) is 27.7 Å². The van der Waals surface area contributed by atoms with Gasteiger partial charge in [-0.2, -0.15) is 0 Å². The maximum absolute atomic E-state index is 7.16. The molecule has 0 unspecified atom stereocenters. The van der Waals surface area contributed by atoms with Crippen molar-refractivity contribution in [3.63, 3.8) is 0 Å². The van der Waals surface area contributed by atoms with Gasteiger partial charge in [-0.1, -0.05) is 122 Å². The average molecular weight is 601 g/mol. The van der Waals surface area contributed by atoms with Crippen LogP contribution in [0.4, 0.5) is 0 Å². The molecule has 0 saturated heterocycles. The fourth-order valence-corrected chi connectivity index (χ4v) is 9.33. The van der Waals surface area contributed by atoms with E-state index < -0.39 is 8.32 Å². The summed E-state index contributed by atoms with van der Waals surface area (Å²) in [5, 5.41) is 2.51. The second-order valence-corrected chi connectivity index (χ2v) is 14.8. The van der Waals surface area contributed by atoms with Crippen molar-refractivity contribution in [2.75, 3.05) is 13.7 Å². The lowest BCUT2D eigenvalue weighted by atomic mass is 10.1. The largest absolute Gasteiger partial charge is 0.497 e. The molecule has 3 nitrogen and oxygen atoms in total. The zero-order valence-corrected chi connectivity index (χ0v) is 24.6. The highest BCUT2D eigenvalue weighted by Crippen LogP contribution is 2.37. The van der Waals surface area contributed by atoms with Crippen molar-refractivity contribution in [2.24, 2.45) is 0 Å². The SMILES string of the molecule is COc1ccc(CO[C@@H](CO[Si](c2ccccc2)(c2ccccc2)C(C)(C)C)C/C(C)=C/I)cc1. The van der Waals surface area contributed by atoms with Gasteiger partial charge in [-0.15, -0.1) is 0 Å². The van der Waals surface area contributed by atoms with E-state index in [1.165, 1.54) is 15.9 Å². The molecule has 3 aromatic rings. The fourth-order valence-electron chi connectivity index (χ4n) is 4.48. The van der Waals surface area contributed by atoms with Gasteiger partial charge in [0.2, 0.25) is 0 Å². The number of hydrogen-bond acceptors (Lipinski definition) is 3. The van der Waals surface area contributed by atoms with Crippen LogP contribution in [0.5, 0.6) is 5.75 Å². The average Bonchev–Trinajstić information content (AvgIpc) is 2.88. The number of methoxy groups -OCH3 is 1. The van der Waals surface area contributed by atoms with Gasteiger partial charge in [0.05, 0.1) is 26.4 Å². The van der Waals surface area contributed by atoms with E-state index in [-0.39, 0.29) is 11.1 Å². The van der Waals surface area contributed by atoms with Gasteiger partial charge in [0.15, 0.2) is 0 Å². The number of ether oxygens (including phenoxy) is 2. The molecule has 0 aliphatic rings. The van der Waals surface area contributed by atoms with Crippen LogP contribution in [0.1, 0.15) is 39.7 Å². The first kappa shape index (κ1) is 27.7. The van der Waals surface area contributed by atoms with E-state index in [2.05, 4.69) is 127 Å². The first-order chi connectivity index (χ1) is 16.8. The summed E-state index contributed by atoms with van der Waals surface area (Å²) in [6.45, 7) is 10.1. The number of hydrogen-bond donors (Lipinski definition) is 0. The molecule has 3 aromatic carbocycles. The summed E-state index contributed by atoms with van der Waals surface area (Å²) >= 11 is 2.31. The summed E-state index contributed by atoms with van der Waals surface area (Å²) in [5.74, 6) is 0.851. The predicted molar refractivity (Wildman–Crippen MR) is 158 cm³/mol. The van der Waals surface area contributed by atoms with E-state index in [4.69, 9.17) is 13.9 Å². The van der Waals surface area contributed by atoms with E-state index in [9.17, 15) is 0 Å². The van der Waals surface area contributed by atoms with Crippen molar-refractivity contribution < 1.29 is 13.9 Å². The van der Waals surface area contributed by atoms with E-state index in [1.807, 2.05) is 12.1 Å². The summed E-state index contributed by atoms with van der Waals surface area (Å²) in [7, 11) is -0.928. The van der Waals surface area contributed by atoms with E-state index in [0.29, 0.717) is 13.2 Å². The molecule has 0 amide bonds. The third-order valence-corrected chi connectivity index (χ3v) is 12.4. The Morgan fingerprint density at radius 1 is 0.886 bits per heavy atom. The molecule has 186 valence electrons. The van der Waals surface area contributed by atoms with Crippen LogP contribution in [0.2, 0.25) is 5.04 Å². The van der Waals surface area contributed by atoms with Crippen LogP contribution in [0.3, 0.4) is 0 Å². The quantitative estimate of drug-likeness (QED) is 0.177. The number of rotatable bonds is 11. The smallest absolute Gasteiger partial charge is 0.261 e. The third-order valence-electron chi connectivity index (χ3n) is 6.28. The maximum atomic E-state index is 7.16. The van der Waals surface area contributed by atoms with Crippen molar-refractivity contribution in [2.45, 2.75) is 51.9 Å². The summed E-state index contributed by atoms with van der Waals surface area (Å²) in [6.07, 6.45) is 0.780. The van der Waals surface area contributed by atoms with Crippen LogP contribution in [0, 0.1) is 0 Å².